The van der Waals surface area contributed by atoms with Crippen LogP contribution in [0.5, 0.6) is 0 Å². The summed E-state index contributed by atoms with van der Waals surface area (Å²) in [6.45, 7) is 1.68. The molecule has 24 heavy (non-hydrogen) atoms. The van der Waals surface area contributed by atoms with E-state index in [-0.39, 0.29) is 10.9 Å². The number of hydrogen-bond donors (Lipinski definition) is 1. The van der Waals surface area contributed by atoms with E-state index >= 15 is 0 Å². The zero-order chi connectivity index (χ0) is 17.4. The monoisotopic (exact) mass is 351 g/mol. The molecule has 2 aromatic rings. The number of para-hydroxylation sites is 1. The van der Waals surface area contributed by atoms with Gasteiger partial charge in [0.1, 0.15) is 4.75 Å². The summed E-state index contributed by atoms with van der Waals surface area (Å²) < 4.78 is 38.2. The van der Waals surface area contributed by atoms with Crippen LogP contribution in [0.2, 0.25) is 0 Å². The first-order valence-corrected chi connectivity index (χ1v) is 7.78. The van der Waals surface area contributed by atoms with E-state index < -0.39 is 22.4 Å². The summed E-state index contributed by atoms with van der Waals surface area (Å²) in [6, 6.07) is 8.45. The van der Waals surface area contributed by atoms with E-state index in [0.29, 0.717) is 5.56 Å². The molecule has 4 nitrogen and oxygen atoms in total. The highest BCUT2D eigenvalue weighted by Gasteiger charge is 2.43. The Bertz CT molecular complexity index is 808. The average Bonchev–Trinajstić information content (AvgIpc) is 2.83. The van der Waals surface area contributed by atoms with E-state index in [1.165, 1.54) is 18.2 Å². The van der Waals surface area contributed by atoms with Crippen molar-refractivity contribution >= 4 is 28.5 Å². The Hall–Kier alpha value is -2.35. The summed E-state index contributed by atoms with van der Waals surface area (Å²) in [7, 11) is 0. The van der Waals surface area contributed by atoms with Gasteiger partial charge in [-0.3, -0.25) is 9.78 Å². The summed E-state index contributed by atoms with van der Waals surface area (Å²) in [6.07, 6.45) is -1.39. The minimum Gasteiger partial charge on any atom is -0.334 e. The number of alkyl halides is 3. The van der Waals surface area contributed by atoms with Gasteiger partial charge in [-0.05, 0) is 36.8 Å². The maximum Gasteiger partial charge on any atom is 0.418 e. The van der Waals surface area contributed by atoms with Crippen LogP contribution in [0.15, 0.2) is 53.8 Å². The fraction of sp³-hybridized carbons (Fsp3) is 0.188. The van der Waals surface area contributed by atoms with E-state index in [9.17, 15) is 18.0 Å². The number of thioether (sulfide) groups is 1. The Morgan fingerprint density at radius 1 is 1.12 bits per heavy atom. The topological polar surface area (TPSA) is 54.4 Å². The molecule has 1 aromatic heterocycles. The number of aliphatic imine (C=N–C) groups is 1. The molecule has 1 N–H and O–H groups in total. The van der Waals surface area contributed by atoms with Crippen LogP contribution in [-0.4, -0.2) is 16.1 Å². The van der Waals surface area contributed by atoms with Crippen molar-refractivity contribution in [2.24, 2.45) is 4.99 Å². The standard InChI is InChI=1S/C16H12F3N3OS/c1-15(10-6-8-20-9-7-10)13(23)22-14(24-15)21-12-5-3-2-4-11(12)16(17,18)19/h2-9H,1H3,(H,21,22,23). The lowest BCUT2D eigenvalue weighted by Crippen LogP contribution is -2.24. The third kappa shape index (κ3) is 3.01. The number of hydrogen-bond acceptors (Lipinski definition) is 4. The molecule has 0 bridgehead atoms. The summed E-state index contributed by atoms with van der Waals surface area (Å²) in [5.74, 6) is -0.425. The smallest absolute Gasteiger partial charge is 0.334 e. The number of amides is 1. The van der Waals surface area contributed by atoms with Crippen molar-refractivity contribution in [1.29, 1.82) is 0 Å². The van der Waals surface area contributed by atoms with Gasteiger partial charge < -0.3 is 5.32 Å². The lowest BCUT2D eigenvalue weighted by atomic mass is 10.0. The second-order valence-electron chi connectivity index (χ2n) is 5.26. The van der Waals surface area contributed by atoms with E-state index in [1.54, 1.807) is 31.5 Å². The minimum atomic E-state index is -4.49. The molecule has 1 aliphatic heterocycles. The molecule has 0 radical (unpaired) electrons. The Morgan fingerprint density at radius 3 is 2.46 bits per heavy atom. The number of rotatable bonds is 2. The highest BCUT2D eigenvalue weighted by atomic mass is 32.2. The summed E-state index contributed by atoms with van der Waals surface area (Å²) in [4.78, 5) is 20.1. The van der Waals surface area contributed by atoms with Crippen molar-refractivity contribution in [3.05, 3.63) is 59.9 Å². The number of amidine groups is 1. The first kappa shape index (κ1) is 16.5. The van der Waals surface area contributed by atoms with Crippen LogP contribution in [0.4, 0.5) is 18.9 Å². The molecule has 0 fully saturated rings. The third-order valence-corrected chi connectivity index (χ3v) is 4.82. The third-order valence-electron chi connectivity index (χ3n) is 3.62. The van der Waals surface area contributed by atoms with Crippen LogP contribution < -0.4 is 5.32 Å². The molecule has 3 rings (SSSR count). The second-order valence-corrected chi connectivity index (χ2v) is 6.67. The van der Waals surface area contributed by atoms with E-state index in [0.717, 1.165) is 17.8 Å². The maximum absolute atomic E-state index is 13.1. The second kappa shape index (κ2) is 5.94. The lowest BCUT2D eigenvalue weighted by Gasteiger charge is -2.20. The molecular weight excluding hydrogens is 339 g/mol. The van der Waals surface area contributed by atoms with Crippen molar-refractivity contribution in [2.75, 3.05) is 5.32 Å². The van der Waals surface area contributed by atoms with Crippen molar-refractivity contribution in [2.45, 2.75) is 17.8 Å². The highest BCUT2D eigenvalue weighted by Crippen LogP contribution is 2.43. The number of pyridine rings is 1. The molecule has 124 valence electrons. The predicted molar refractivity (Wildman–Crippen MR) is 86.7 cm³/mol. The molecule has 2 heterocycles. The molecule has 0 saturated carbocycles. The molecule has 8 heteroatoms. The summed E-state index contributed by atoms with van der Waals surface area (Å²) in [5.41, 5.74) is -0.251. The van der Waals surface area contributed by atoms with Gasteiger partial charge in [0, 0.05) is 12.4 Å². The fourth-order valence-corrected chi connectivity index (χ4v) is 3.38. The Labute approximate surface area is 140 Å². The molecule has 1 unspecified atom stereocenters. The average molecular weight is 351 g/mol. The maximum atomic E-state index is 13.1. The van der Waals surface area contributed by atoms with Gasteiger partial charge in [0.15, 0.2) is 5.17 Å². The first-order valence-electron chi connectivity index (χ1n) is 6.96. The Balaban J connectivity index is 1.87. The molecule has 0 spiro atoms. The van der Waals surface area contributed by atoms with Crippen molar-refractivity contribution < 1.29 is 18.0 Å². The van der Waals surface area contributed by atoms with Gasteiger partial charge in [-0.25, -0.2) is 0 Å². The normalized spacial score (nSPS) is 20.8. The highest BCUT2D eigenvalue weighted by molar-refractivity contribution is 8.16. The van der Waals surface area contributed by atoms with Crippen molar-refractivity contribution in [3.63, 3.8) is 0 Å². The van der Waals surface area contributed by atoms with Crippen molar-refractivity contribution in [1.82, 2.24) is 4.98 Å². The number of aromatic nitrogens is 1. The molecule has 1 amide bonds. The number of carbonyl (C=O) groups excluding carboxylic acids is 1. The number of nitrogens with zero attached hydrogens (tertiary/aromatic N) is 2. The zero-order valence-corrected chi connectivity index (χ0v) is 13.3. The van der Waals surface area contributed by atoms with Crippen LogP contribution >= 0.6 is 11.8 Å². The zero-order valence-electron chi connectivity index (χ0n) is 12.5. The number of anilines is 1. The molecule has 0 aliphatic carbocycles. The van der Waals surface area contributed by atoms with Gasteiger partial charge in [-0.2, -0.15) is 18.2 Å². The number of carbonyl (C=O) groups is 1. The van der Waals surface area contributed by atoms with Gasteiger partial charge in [-0.15, -0.1) is 0 Å². The van der Waals surface area contributed by atoms with E-state index in [2.05, 4.69) is 15.3 Å². The molecule has 1 atom stereocenters. The predicted octanol–water partition coefficient (Wildman–Crippen LogP) is 4.06. The van der Waals surface area contributed by atoms with E-state index in [1.807, 2.05) is 0 Å². The van der Waals surface area contributed by atoms with Crippen LogP contribution in [-0.2, 0) is 15.7 Å². The van der Waals surface area contributed by atoms with Gasteiger partial charge >= 0.3 is 6.18 Å². The van der Waals surface area contributed by atoms with Gasteiger partial charge in [0.05, 0.1) is 11.3 Å². The summed E-state index contributed by atoms with van der Waals surface area (Å²) >= 11 is 1.08. The van der Waals surface area contributed by atoms with Crippen LogP contribution in [0.1, 0.15) is 18.1 Å². The van der Waals surface area contributed by atoms with E-state index in [4.69, 9.17) is 0 Å². The number of benzene rings is 1. The number of nitrogens with one attached hydrogen (secondary N) is 1. The lowest BCUT2D eigenvalue weighted by molar-refractivity contribution is -0.136. The first-order chi connectivity index (χ1) is 11.3. The summed E-state index contributed by atoms with van der Waals surface area (Å²) in [5, 5.41) is 2.76. The largest absolute Gasteiger partial charge is 0.418 e. The molecule has 1 aliphatic rings. The fourth-order valence-electron chi connectivity index (χ4n) is 2.32. The molecular formula is C16H12F3N3OS. The van der Waals surface area contributed by atoms with Crippen LogP contribution in [0.25, 0.3) is 0 Å². The minimum absolute atomic E-state index is 0.135. The number of halogens is 3. The Morgan fingerprint density at radius 2 is 1.79 bits per heavy atom. The quantitative estimate of drug-likeness (QED) is 0.887. The van der Waals surface area contributed by atoms with Gasteiger partial charge in [-0.1, -0.05) is 23.9 Å². The molecule has 1 aromatic carbocycles. The van der Waals surface area contributed by atoms with Crippen LogP contribution in [0, 0.1) is 0 Å². The van der Waals surface area contributed by atoms with Gasteiger partial charge in [0.25, 0.3) is 5.91 Å². The Kier molecular flexibility index (Phi) is 4.08. The van der Waals surface area contributed by atoms with Crippen LogP contribution in [0.3, 0.4) is 0 Å². The SMILES string of the molecule is CC1(c2ccncc2)SC(Nc2ccccc2C(F)(F)F)=NC1=O. The molecule has 0 saturated heterocycles. The van der Waals surface area contributed by atoms with Crippen molar-refractivity contribution in [3.8, 4) is 0 Å². The van der Waals surface area contributed by atoms with Gasteiger partial charge in [0.2, 0.25) is 0 Å².